The third-order valence-electron chi connectivity index (χ3n) is 3.07. The van der Waals surface area contributed by atoms with Crippen LogP contribution >= 0.6 is 0 Å². The van der Waals surface area contributed by atoms with Crippen molar-refractivity contribution in [3.63, 3.8) is 0 Å². The molecule has 1 aromatic carbocycles. The maximum atomic E-state index is 12.0. The van der Waals surface area contributed by atoms with Crippen molar-refractivity contribution < 1.29 is 9.59 Å². The van der Waals surface area contributed by atoms with Gasteiger partial charge in [-0.1, -0.05) is 24.3 Å². The molecule has 1 aliphatic rings. The predicted octanol–water partition coefficient (Wildman–Crippen LogP) is -0.264. The molecule has 0 saturated heterocycles. The molecular weight excluding hydrogens is 230 g/mol. The molecule has 0 spiro atoms. The molecule has 2 amide bonds. The molecule has 3 N–H and O–H groups in total. The van der Waals surface area contributed by atoms with Crippen LogP contribution in [0.3, 0.4) is 0 Å². The number of nitrogens with one attached hydrogen (secondary N) is 3. The largest absolute Gasteiger partial charge is 0.358 e. The average molecular weight is 247 g/mol. The molecule has 5 heteroatoms. The summed E-state index contributed by atoms with van der Waals surface area (Å²) in [6, 6.07) is 7.52. The lowest BCUT2D eigenvalue weighted by atomic mass is 9.94. The monoisotopic (exact) mass is 247 g/mol. The topological polar surface area (TPSA) is 70.2 Å². The highest BCUT2D eigenvalue weighted by molar-refractivity contribution is 5.88. The number of hydrogen-bond acceptors (Lipinski definition) is 3. The fourth-order valence-electron chi connectivity index (χ4n) is 2.10. The summed E-state index contributed by atoms with van der Waals surface area (Å²) in [7, 11) is 1.54. The zero-order chi connectivity index (χ0) is 13.0. The maximum absolute atomic E-state index is 12.0. The van der Waals surface area contributed by atoms with E-state index in [1.165, 1.54) is 5.56 Å². The molecule has 0 aliphatic carbocycles. The molecule has 96 valence electrons. The van der Waals surface area contributed by atoms with Crippen LogP contribution in [0.15, 0.2) is 24.3 Å². The SMILES string of the molecule is CNC(=O)CNC(=O)C1NCCc2ccccc21. The van der Waals surface area contributed by atoms with Crippen molar-refractivity contribution in [3.05, 3.63) is 35.4 Å². The number of carbonyl (C=O) groups is 2. The van der Waals surface area contributed by atoms with Gasteiger partial charge in [0, 0.05) is 13.6 Å². The van der Waals surface area contributed by atoms with Gasteiger partial charge >= 0.3 is 0 Å². The summed E-state index contributed by atoms with van der Waals surface area (Å²) in [5, 5.41) is 8.27. The Bertz CT molecular complexity index is 459. The Labute approximate surface area is 106 Å². The number of carbonyl (C=O) groups excluding carboxylic acids is 2. The number of likely N-dealkylation sites (N-methyl/N-ethyl adjacent to an activating group) is 1. The van der Waals surface area contributed by atoms with Crippen molar-refractivity contribution in [1.29, 1.82) is 0 Å². The van der Waals surface area contributed by atoms with E-state index in [0.29, 0.717) is 0 Å². The lowest BCUT2D eigenvalue weighted by Crippen LogP contribution is -2.44. The lowest BCUT2D eigenvalue weighted by Gasteiger charge is -2.25. The van der Waals surface area contributed by atoms with Gasteiger partial charge in [0.1, 0.15) is 6.04 Å². The van der Waals surface area contributed by atoms with Crippen molar-refractivity contribution in [2.75, 3.05) is 20.1 Å². The van der Waals surface area contributed by atoms with E-state index in [0.717, 1.165) is 18.5 Å². The zero-order valence-electron chi connectivity index (χ0n) is 10.3. The second kappa shape index (κ2) is 5.64. The number of benzene rings is 1. The minimum absolute atomic E-state index is 0.00960. The van der Waals surface area contributed by atoms with Crippen LogP contribution in [-0.2, 0) is 16.0 Å². The van der Waals surface area contributed by atoms with E-state index in [2.05, 4.69) is 16.0 Å². The van der Waals surface area contributed by atoms with Crippen LogP contribution in [0.1, 0.15) is 17.2 Å². The van der Waals surface area contributed by atoms with Gasteiger partial charge < -0.3 is 16.0 Å². The van der Waals surface area contributed by atoms with Gasteiger partial charge in [0.05, 0.1) is 6.54 Å². The standard InChI is InChI=1S/C13H17N3O2/c1-14-11(17)8-16-13(18)12-10-5-3-2-4-9(10)6-7-15-12/h2-5,12,15H,6-8H2,1H3,(H,14,17)(H,16,18). The van der Waals surface area contributed by atoms with Crippen LogP contribution in [0, 0.1) is 0 Å². The number of hydrogen-bond donors (Lipinski definition) is 3. The first-order chi connectivity index (χ1) is 8.72. The van der Waals surface area contributed by atoms with Crippen LogP contribution in [0.5, 0.6) is 0 Å². The van der Waals surface area contributed by atoms with Crippen LogP contribution in [-0.4, -0.2) is 32.0 Å². The van der Waals surface area contributed by atoms with Crippen molar-refractivity contribution >= 4 is 11.8 Å². The van der Waals surface area contributed by atoms with Crippen LogP contribution in [0.2, 0.25) is 0 Å². The molecule has 1 atom stereocenters. The van der Waals surface area contributed by atoms with E-state index < -0.39 is 0 Å². The Kier molecular flexibility index (Phi) is 3.94. The summed E-state index contributed by atoms with van der Waals surface area (Å²) < 4.78 is 0. The highest BCUT2D eigenvalue weighted by Crippen LogP contribution is 2.22. The zero-order valence-corrected chi connectivity index (χ0v) is 10.3. The van der Waals surface area contributed by atoms with Crippen molar-refractivity contribution in [2.45, 2.75) is 12.5 Å². The minimum Gasteiger partial charge on any atom is -0.358 e. The van der Waals surface area contributed by atoms with Gasteiger partial charge in [-0.05, 0) is 17.5 Å². The predicted molar refractivity (Wildman–Crippen MR) is 68.0 cm³/mol. The first kappa shape index (κ1) is 12.6. The first-order valence-electron chi connectivity index (χ1n) is 6.02. The van der Waals surface area contributed by atoms with E-state index in [4.69, 9.17) is 0 Å². The van der Waals surface area contributed by atoms with E-state index in [-0.39, 0.29) is 24.4 Å². The van der Waals surface area contributed by atoms with Gasteiger partial charge in [-0.25, -0.2) is 0 Å². The third kappa shape index (κ3) is 2.68. The smallest absolute Gasteiger partial charge is 0.242 e. The van der Waals surface area contributed by atoms with Crippen LogP contribution in [0.25, 0.3) is 0 Å². The maximum Gasteiger partial charge on any atom is 0.242 e. The molecule has 0 saturated carbocycles. The minimum atomic E-state index is -0.361. The van der Waals surface area contributed by atoms with Gasteiger partial charge in [0.25, 0.3) is 0 Å². The van der Waals surface area contributed by atoms with E-state index in [1.807, 2.05) is 24.3 Å². The normalized spacial score (nSPS) is 17.7. The van der Waals surface area contributed by atoms with Gasteiger partial charge in [0.15, 0.2) is 0 Å². The average Bonchev–Trinajstić information content (AvgIpc) is 2.43. The molecule has 0 bridgehead atoms. The van der Waals surface area contributed by atoms with Gasteiger partial charge in [-0.2, -0.15) is 0 Å². The Hall–Kier alpha value is -1.88. The summed E-state index contributed by atoms with van der Waals surface area (Å²) >= 11 is 0. The fraction of sp³-hybridized carbons (Fsp3) is 0.385. The van der Waals surface area contributed by atoms with Crippen LogP contribution < -0.4 is 16.0 Å². The Morgan fingerprint density at radius 1 is 1.39 bits per heavy atom. The molecule has 0 aromatic heterocycles. The highest BCUT2D eigenvalue weighted by atomic mass is 16.2. The molecule has 0 radical (unpaired) electrons. The summed E-state index contributed by atoms with van der Waals surface area (Å²) in [6.07, 6.45) is 0.926. The summed E-state index contributed by atoms with van der Waals surface area (Å²) in [5.41, 5.74) is 2.19. The summed E-state index contributed by atoms with van der Waals surface area (Å²) in [4.78, 5) is 23.1. The quantitative estimate of drug-likeness (QED) is 0.689. The molecule has 18 heavy (non-hydrogen) atoms. The highest BCUT2D eigenvalue weighted by Gasteiger charge is 2.25. The number of fused-ring (bicyclic) bond motifs is 1. The van der Waals surface area contributed by atoms with Crippen molar-refractivity contribution in [1.82, 2.24) is 16.0 Å². The van der Waals surface area contributed by atoms with E-state index in [9.17, 15) is 9.59 Å². The number of rotatable bonds is 3. The molecule has 1 aromatic rings. The first-order valence-corrected chi connectivity index (χ1v) is 6.02. The molecule has 1 heterocycles. The Morgan fingerprint density at radius 3 is 2.94 bits per heavy atom. The Morgan fingerprint density at radius 2 is 2.17 bits per heavy atom. The molecule has 5 nitrogen and oxygen atoms in total. The molecular formula is C13H17N3O2. The molecule has 2 rings (SSSR count). The van der Waals surface area contributed by atoms with Crippen LogP contribution in [0.4, 0.5) is 0 Å². The van der Waals surface area contributed by atoms with E-state index in [1.54, 1.807) is 7.05 Å². The van der Waals surface area contributed by atoms with Crippen molar-refractivity contribution in [2.24, 2.45) is 0 Å². The second-order valence-corrected chi connectivity index (χ2v) is 4.23. The Balaban J connectivity index is 2.06. The third-order valence-corrected chi connectivity index (χ3v) is 3.07. The lowest BCUT2D eigenvalue weighted by molar-refractivity contribution is -0.127. The van der Waals surface area contributed by atoms with E-state index >= 15 is 0 Å². The fourth-order valence-corrected chi connectivity index (χ4v) is 2.10. The summed E-state index contributed by atoms with van der Waals surface area (Å²) in [5.74, 6) is -0.363. The van der Waals surface area contributed by atoms with Gasteiger partial charge in [0.2, 0.25) is 11.8 Å². The van der Waals surface area contributed by atoms with Gasteiger partial charge in [-0.15, -0.1) is 0 Å². The second-order valence-electron chi connectivity index (χ2n) is 4.23. The van der Waals surface area contributed by atoms with Gasteiger partial charge in [-0.3, -0.25) is 9.59 Å². The number of amides is 2. The molecule has 0 fully saturated rings. The van der Waals surface area contributed by atoms with Crippen molar-refractivity contribution in [3.8, 4) is 0 Å². The molecule has 1 unspecified atom stereocenters. The molecule has 1 aliphatic heterocycles. The summed E-state index contributed by atoms with van der Waals surface area (Å²) in [6.45, 7) is 0.782.